The molecule has 1 aliphatic rings. The van der Waals surface area contributed by atoms with Crippen LogP contribution in [0.15, 0.2) is 28.2 Å². The van der Waals surface area contributed by atoms with Gasteiger partial charge in [-0.1, -0.05) is 42.6 Å². The van der Waals surface area contributed by atoms with Crippen LogP contribution in [-0.4, -0.2) is 52.9 Å². The Hall–Kier alpha value is -1.57. The average molecular weight is 424 g/mol. The molecule has 1 aromatic heterocycles. The van der Waals surface area contributed by atoms with E-state index in [1.54, 1.807) is 29.9 Å². The van der Waals surface area contributed by atoms with Gasteiger partial charge < -0.3 is 9.64 Å². The van der Waals surface area contributed by atoms with Crippen LogP contribution in [0.3, 0.4) is 0 Å². The number of carbonyl (C=O) groups is 1. The molecule has 8 heteroatoms. The van der Waals surface area contributed by atoms with Gasteiger partial charge in [0.1, 0.15) is 0 Å². The third-order valence-electron chi connectivity index (χ3n) is 5.24. The SMILES string of the molecule is COCCn1c(SCC(=O)N(C)C2CCCCC2)nc2cc(Cl)ccc2c1=O. The third kappa shape index (κ3) is 4.88. The fourth-order valence-electron chi connectivity index (χ4n) is 3.56. The predicted molar refractivity (Wildman–Crippen MR) is 113 cm³/mol. The Morgan fingerprint density at radius 2 is 2.11 bits per heavy atom. The Balaban J connectivity index is 1.82. The molecule has 1 amide bonds. The van der Waals surface area contributed by atoms with Gasteiger partial charge in [0.15, 0.2) is 5.16 Å². The smallest absolute Gasteiger partial charge is 0.262 e. The second-order valence-corrected chi connectivity index (χ2v) is 8.47. The van der Waals surface area contributed by atoms with E-state index in [2.05, 4.69) is 4.98 Å². The van der Waals surface area contributed by atoms with E-state index in [1.807, 2.05) is 11.9 Å². The van der Waals surface area contributed by atoms with Crippen molar-refractivity contribution in [2.45, 2.75) is 49.8 Å². The predicted octanol–water partition coefficient (Wildman–Crippen LogP) is 3.58. The van der Waals surface area contributed by atoms with Gasteiger partial charge in [-0.2, -0.15) is 0 Å². The molecule has 2 aromatic rings. The number of ether oxygens (including phenoxy) is 1. The quantitative estimate of drug-likeness (QED) is 0.503. The van der Waals surface area contributed by atoms with Crippen LogP contribution >= 0.6 is 23.4 Å². The van der Waals surface area contributed by atoms with Crippen LogP contribution in [0.25, 0.3) is 10.9 Å². The zero-order valence-electron chi connectivity index (χ0n) is 16.3. The maximum absolute atomic E-state index is 12.9. The number of aromatic nitrogens is 2. The minimum Gasteiger partial charge on any atom is -0.383 e. The molecule has 6 nitrogen and oxygen atoms in total. The molecule has 152 valence electrons. The molecular formula is C20H26ClN3O3S. The topological polar surface area (TPSA) is 64.4 Å². The van der Waals surface area contributed by atoms with E-state index in [1.165, 1.54) is 31.0 Å². The zero-order valence-corrected chi connectivity index (χ0v) is 17.9. The molecule has 0 aliphatic heterocycles. The minimum absolute atomic E-state index is 0.0654. The molecule has 28 heavy (non-hydrogen) atoms. The van der Waals surface area contributed by atoms with E-state index in [-0.39, 0.29) is 17.2 Å². The van der Waals surface area contributed by atoms with Gasteiger partial charge in [0.25, 0.3) is 5.56 Å². The van der Waals surface area contributed by atoms with Crippen molar-refractivity contribution in [1.82, 2.24) is 14.5 Å². The summed E-state index contributed by atoms with van der Waals surface area (Å²) in [5.74, 6) is 0.314. The summed E-state index contributed by atoms with van der Waals surface area (Å²) in [6.07, 6.45) is 5.75. The summed E-state index contributed by atoms with van der Waals surface area (Å²) in [6, 6.07) is 5.37. The lowest BCUT2D eigenvalue weighted by molar-refractivity contribution is -0.129. The second kappa shape index (κ2) is 9.76. The number of benzene rings is 1. The van der Waals surface area contributed by atoms with E-state index in [0.717, 1.165) is 12.8 Å². The highest BCUT2D eigenvalue weighted by Crippen LogP contribution is 2.24. The first-order chi connectivity index (χ1) is 13.5. The van der Waals surface area contributed by atoms with Crippen LogP contribution in [0.2, 0.25) is 5.02 Å². The Morgan fingerprint density at radius 1 is 1.36 bits per heavy atom. The lowest BCUT2D eigenvalue weighted by Crippen LogP contribution is -2.39. The molecular weight excluding hydrogens is 398 g/mol. The molecule has 0 N–H and O–H groups in total. The van der Waals surface area contributed by atoms with Crippen LogP contribution in [0.4, 0.5) is 0 Å². The average Bonchev–Trinajstić information content (AvgIpc) is 2.71. The van der Waals surface area contributed by atoms with Crippen molar-refractivity contribution in [3.05, 3.63) is 33.6 Å². The van der Waals surface area contributed by atoms with Crippen molar-refractivity contribution in [3.8, 4) is 0 Å². The molecule has 0 saturated heterocycles. The second-order valence-electron chi connectivity index (χ2n) is 7.09. The number of halogens is 1. The lowest BCUT2D eigenvalue weighted by Gasteiger charge is -2.31. The number of thioether (sulfide) groups is 1. The molecule has 1 fully saturated rings. The van der Waals surface area contributed by atoms with Crippen LogP contribution in [0.1, 0.15) is 32.1 Å². The molecule has 1 aliphatic carbocycles. The Labute approximate surface area is 174 Å². The zero-order chi connectivity index (χ0) is 20.1. The van der Waals surface area contributed by atoms with Gasteiger partial charge >= 0.3 is 0 Å². The number of hydrogen-bond donors (Lipinski definition) is 0. The highest BCUT2D eigenvalue weighted by molar-refractivity contribution is 7.99. The molecule has 1 heterocycles. The maximum atomic E-state index is 12.9. The molecule has 1 saturated carbocycles. The molecule has 0 radical (unpaired) electrons. The summed E-state index contributed by atoms with van der Waals surface area (Å²) in [4.78, 5) is 32.1. The summed E-state index contributed by atoms with van der Waals surface area (Å²) in [6.45, 7) is 0.778. The minimum atomic E-state index is -0.144. The Morgan fingerprint density at radius 3 is 2.82 bits per heavy atom. The van der Waals surface area contributed by atoms with Crippen molar-refractivity contribution in [1.29, 1.82) is 0 Å². The van der Waals surface area contributed by atoms with Crippen LogP contribution in [0.5, 0.6) is 0 Å². The van der Waals surface area contributed by atoms with E-state index < -0.39 is 0 Å². The van der Waals surface area contributed by atoms with E-state index in [9.17, 15) is 9.59 Å². The fraction of sp³-hybridized carbons (Fsp3) is 0.550. The number of hydrogen-bond acceptors (Lipinski definition) is 5. The molecule has 1 aromatic carbocycles. The molecule has 0 spiro atoms. The van der Waals surface area contributed by atoms with E-state index >= 15 is 0 Å². The Kier molecular flexibility index (Phi) is 7.37. The van der Waals surface area contributed by atoms with Crippen LogP contribution < -0.4 is 5.56 Å². The van der Waals surface area contributed by atoms with E-state index in [4.69, 9.17) is 16.3 Å². The largest absolute Gasteiger partial charge is 0.383 e. The Bertz CT molecular complexity index is 896. The molecule has 0 unspecified atom stereocenters. The first-order valence-electron chi connectivity index (χ1n) is 9.58. The van der Waals surface area contributed by atoms with Gasteiger partial charge in [0, 0.05) is 25.2 Å². The standard InChI is InChI=1S/C20H26ClN3O3S/c1-23(15-6-4-3-5-7-15)18(25)13-28-20-22-17-12-14(21)8-9-16(17)19(26)24(20)10-11-27-2/h8-9,12,15H,3-7,10-11,13H2,1-2H3. The molecule has 0 atom stereocenters. The highest BCUT2D eigenvalue weighted by Gasteiger charge is 2.22. The summed E-state index contributed by atoms with van der Waals surface area (Å²) in [7, 11) is 3.47. The summed E-state index contributed by atoms with van der Waals surface area (Å²) in [5, 5.41) is 1.55. The van der Waals surface area contributed by atoms with Crippen LogP contribution in [0, 0.1) is 0 Å². The number of carbonyl (C=O) groups excluding carboxylic acids is 1. The summed E-state index contributed by atoms with van der Waals surface area (Å²) >= 11 is 7.36. The lowest BCUT2D eigenvalue weighted by atomic mass is 9.94. The fourth-order valence-corrected chi connectivity index (χ4v) is 4.68. The van der Waals surface area contributed by atoms with Gasteiger partial charge in [-0.3, -0.25) is 14.2 Å². The number of rotatable bonds is 7. The van der Waals surface area contributed by atoms with Gasteiger partial charge in [-0.05, 0) is 31.0 Å². The number of nitrogens with zero attached hydrogens (tertiary/aromatic N) is 3. The number of fused-ring (bicyclic) bond motifs is 1. The van der Waals surface area contributed by atoms with Crippen molar-refractivity contribution >= 4 is 40.2 Å². The monoisotopic (exact) mass is 423 g/mol. The van der Waals surface area contributed by atoms with Crippen molar-refractivity contribution in [2.75, 3.05) is 26.5 Å². The maximum Gasteiger partial charge on any atom is 0.262 e. The van der Waals surface area contributed by atoms with Gasteiger partial charge in [0.05, 0.1) is 29.8 Å². The molecule has 0 bridgehead atoms. The van der Waals surface area contributed by atoms with Crippen molar-refractivity contribution in [2.24, 2.45) is 0 Å². The third-order valence-corrected chi connectivity index (χ3v) is 6.44. The molecule has 3 rings (SSSR count). The first kappa shape index (κ1) is 21.1. The van der Waals surface area contributed by atoms with Gasteiger partial charge in [-0.15, -0.1) is 0 Å². The van der Waals surface area contributed by atoms with Crippen LogP contribution in [-0.2, 0) is 16.1 Å². The van der Waals surface area contributed by atoms with Gasteiger partial charge in [0.2, 0.25) is 5.91 Å². The number of methoxy groups -OCH3 is 1. The summed E-state index contributed by atoms with van der Waals surface area (Å²) < 4.78 is 6.72. The van der Waals surface area contributed by atoms with Crippen molar-refractivity contribution in [3.63, 3.8) is 0 Å². The normalized spacial score (nSPS) is 15.1. The number of amides is 1. The van der Waals surface area contributed by atoms with E-state index in [0.29, 0.717) is 40.3 Å². The summed E-state index contributed by atoms with van der Waals surface area (Å²) in [5.41, 5.74) is 0.399. The highest BCUT2D eigenvalue weighted by atomic mass is 35.5. The first-order valence-corrected chi connectivity index (χ1v) is 10.9. The van der Waals surface area contributed by atoms with Gasteiger partial charge in [-0.25, -0.2) is 4.98 Å². The van der Waals surface area contributed by atoms with Crippen molar-refractivity contribution < 1.29 is 9.53 Å².